The molecule has 0 N–H and O–H groups in total. The summed E-state index contributed by atoms with van der Waals surface area (Å²) in [4.78, 5) is 2.58. The summed E-state index contributed by atoms with van der Waals surface area (Å²) in [5.74, 6) is 2.07. The fraction of sp³-hybridized carbons (Fsp3) is 1.00. The van der Waals surface area contributed by atoms with Crippen molar-refractivity contribution in [1.82, 2.24) is 4.90 Å². The highest BCUT2D eigenvalue weighted by Crippen LogP contribution is 2.46. The highest BCUT2D eigenvalue weighted by molar-refractivity contribution is 5.00. The third-order valence-corrected chi connectivity index (χ3v) is 4.09. The Morgan fingerprint density at radius 3 is 2.55 bits per heavy atom. The summed E-state index contributed by atoms with van der Waals surface area (Å²) in [5, 5.41) is 0. The minimum Gasteiger partial charge on any atom is -0.300 e. The first kappa shape index (κ1) is 7.60. The molecule has 0 aromatic rings. The fourth-order valence-corrected chi connectivity index (χ4v) is 3.15. The van der Waals surface area contributed by atoms with Gasteiger partial charge in [-0.25, -0.2) is 0 Å². The SMILES string of the molecule is CCC1C[C@@H]2C[C@H]1C(C)N2C. The lowest BCUT2D eigenvalue weighted by Crippen LogP contribution is -2.38. The van der Waals surface area contributed by atoms with E-state index in [2.05, 4.69) is 25.8 Å². The average Bonchev–Trinajstić information content (AvgIpc) is 2.53. The minimum atomic E-state index is 0.860. The van der Waals surface area contributed by atoms with E-state index in [1.807, 2.05) is 0 Å². The van der Waals surface area contributed by atoms with Crippen LogP contribution in [0.5, 0.6) is 0 Å². The van der Waals surface area contributed by atoms with Crippen LogP contribution in [0.3, 0.4) is 0 Å². The predicted octanol–water partition coefficient (Wildman–Crippen LogP) is 2.13. The van der Waals surface area contributed by atoms with Crippen LogP contribution in [0, 0.1) is 11.8 Å². The first-order chi connectivity index (χ1) is 5.24. The van der Waals surface area contributed by atoms with Gasteiger partial charge < -0.3 is 4.90 Å². The number of hydrogen-bond acceptors (Lipinski definition) is 1. The molecule has 4 atom stereocenters. The number of likely N-dealkylation sites (tertiary alicyclic amines) is 1. The Morgan fingerprint density at radius 2 is 2.09 bits per heavy atom. The van der Waals surface area contributed by atoms with Crippen molar-refractivity contribution < 1.29 is 0 Å². The molecule has 1 heterocycles. The summed E-state index contributed by atoms with van der Waals surface area (Å²) in [5.41, 5.74) is 0. The van der Waals surface area contributed by atoms with E-state index in [0.29, 0.717) is 0 Å². The number of rotatable bonds is 1. The zero-order valence-electron chi connectivity index (χ0n) is 7.88. The summed E-state index contributed by atoms with van der Waals surface area (Å²) in [6.45, 7) is 4.74. The van der Waals surface area contributed by atoms with Gasteiger partial charge in [0.05, 0.1) is 0 Å². The van der Waals surface area contributed by atoms with Crippen molar-refractivity contribution in [3.8, 4) is 0 Å². The third-order valence-electron chi connectivity index (χ3n) is 4.09. The van der Waals surface area contributed by atoms with Crippen LogP contribution in [-0.2, 0) is 0 Å². The zero-order chi connectivity index (χ0) is 8.01. The van der Waals surface area contributed by atoms with Gasteiger partial charge >= 0.3 is 0 Å². The predicted molar refractivity (Wildman–Crippen MR) is 47.5 cm³/mol. The van der Waals surface area contributed by atoms with Crippen LogP contribution in [0.4, 0.5) is 0 Å². The number of hydrogen-bond donors (Lipinski definition) is 0. The standard InChI is InChI=1S/C10H19N/c1-4-8-5-9-6-10(8)7(2)11(9)3/h7-10H,4-6H2,1-3H3/t7?,8?,9-,10+/m1/s1. The maximum absolute atomic E-state index is 2.58. The highest BCUT2D eigenvalue weighted by atomic mass is 15.2. The zero-order valence-corrected chi connectivity index (χ0v) is 7.88. The molecular weight excluding hydrogens is 134 g/mol. The van der Waals surface area contributed by atoms with Crippen molar-refractivity contribution in [2.75, 3.05) is 7.05 Å². The smallest absolute Gasteiger partial charge is 0.0101 e. The number of nitrogens with zero attached hydrogens (tertiary/aromatic N) is 1. The van der Waals surface area contributed by atoms with Gasteiger partial charge in [-0.05, 0) is 38.6 Å². The maximum Gasteiger partial charge on any atom is 0.0101 e. The molecule has 0 radical (unpaired) electrons. The van der Waals surface area contributed by atoms with E-state index in [9.17, 15) is 0 Å². The topological polar surface area (TPSA) is 3.24 Å². The largest absolute Gasteiger partial charge is 0.300 e. The Labute approximate surface area is 69.8 Å². The molecule has 2 bridgehead atoms. The van der Waals surface area contributed by atoms with Gasteiger partial charge in [0, 0.05) is 12.1 Å². The van der Waals surface area contributed by atoms with Crippen molar-refractivity contribution >= 4 is 0 Å². The van der Waals surface area contributed by atoms with Crippen LogP contribution in [0.25, 0.3) is 0 Å². The molecule has 1 aliphatic heterocycles. The van der Waals surface area contributed by atoms with Crippen molar-refractivity contribution in [2.45, 2.75) is 45.2 Å². The molecule has 11 heavy (non-hydrogen) atoms. The van der Waals surface area contributed by atoms with Crippen LogP contribution < -0.4 is 0 Å². The Bertz CT molecular complexity index is 149. The van der Waals surface area contributed by atoms with E-state index >= 15 is 0 Å². The van der Waals surface area contributed by atoms with Gasteiger partial charge in [-0.2, -0.15) is 0 Å². The molecule has 0 aromatic carbocycles. The molecule has 1 saturated carbocycles. The molecule has 1 heteroatoms. The summed E-state index contributed by atoms with van der Waals surface area (Å²) in [6, 6.07) is 1.79. The second kappa shape index (κ2) is 2.48. The molecule has 2 fully saturated rings. The van der Waals surface area contributed by atoms with Crippen molar-refractivity contribution in [3.05, 3.63) is 0 Å². The molecule has 2 rings (SSSR count). The average molecular weight is 153 g/mol. The van der Waals surface area contributed by atoms with E-state index in [0.717, 1.165) is 23.9 Å². The quantitative estimate of drug-likeness (QED) is 0.558. The van der Waals surface area contributed by atoms with E-state index in [-0.39, 0.29) is 0 Å². The molecule has 2 aliphatic rings. The highest BCUT2D eigenvalue weighted by Gasteiger charge is 2.46. The van der Waals surface area contributed by atoms with Crippen molar-refractivity contribution in [3.63, 3.8) is 0 Å². The number of piperidine rings is 1. The Morgan fingerprint density at radius 1 is 1.36 bits per heavy atom. The van der Waals surface area contributed by atoms with Gasteiger partial charge in [0.15, 0.2) is 0 Å². The molecule has 0 spiro atoms. The van der Waals surface area contributed by atoms with Crippen molar-refractivity contribution in [1.29, 1.82) is 0 Å². The minimum absolute atomic E-state index is 0.860. The number of fused-ring (bicyclic) bond motifs is 2. The van der Waals surface area contributed by atoms with Crippen molar-refractivity contribution in [2.24, 2.45) is 11.8 Å². The van der Waals surface area contributed by atoms with Gasteiger partial charge in [0.2, 0.25) is 0 Å². The Hall–Kier alpha value is -0.0400. The van der Waals surface area contributed by atoms with Crippen LogP contribution in [-0.4, -0.2) is 24.0 Å². The van der Waals surface area contributed by atoms with E-state index in [4.69, 9.17) is 0 Å². The summed E-state index contributed by atoms with van der Waals surface area (Å²) in [7, 11) is 2.29. The van der Waals surface area contributed by atoms with Gasteiger partial charge in [0.25, 0.3) is 0 Å². The summed E-state index contributed by atoms with van der Waals surface area (Å²) in [6.07, 6.45) is 4.36. The second-order valence-corrected chi connectivity index (χ2v) is 4.36. The first-order valence-electron chi connectivity index (χ1n) is 4.96. The molecule has 2 unspecified atom stereocenters. The molecular formula is C10H19N. The van der Waals surface area contributed by atoms with E-state index < -0.39 is 0 Å². The Kier molecular flexibility index (Phi) is 1.71. The first-order valence-corrected chi connectivity index (χ1v) is 4.96. The monoisotopic (exact) mass is 153 g/mol. The fourth-order valence-electron chi connectivity index (χ4n) is 3.15. The lowest BCUT2D eigenvalue weighted by Gasteiger charge is -2.34. The van der Waals surface area contributed by atoms with Gasteiger partial charge in [-0.15, -0.1) is 0 Å². The van der Waals surface area contributed by atoms with Crippen LogP contribution >= 0.6 is 0 Å². The third kappa shape index (κ3) is 0.936. The molecule has 1 nitrogen and oxygen atoms in total. The van der Waals surface area contributed by atoms with Gasteiger partial charge in [0.1, 0.15) is 0 Å². The second-order valence-electron chi connectivity index (χ2n) is 4.36. The molecule has 0 aromatic heterocycles. The molecule has 1 saturated heterocycles. The normalized spacial score (nSPS) is 50.5. The maximum atomic E-state index is 2.58. The lowest BCUT2D eigenvalue weighted by molar-refractivity contribution is 0.142. The van der Waals surface area contributed by atoms with E-state index in [1.165, 1.54) is 19.3 Å². The van der Waals surface area contributed by atoms with Gasteiger partial charge in [-0.1, -0.05) is 13.3 Å². The summed E-state index contributed by atoms with van der Waals surface area (Å²) < 4.78 is 0. The van der Waals surface area contributed by atoms with E-state index in [1.54, 1.807) is 0 Å². The van der Waals surface area contributed by atoms with Gasteiger partial charge in [-0.3, -0.25) is 0 Å². The van der Waals surface area contributed by atoms with Crippen LogP contribution in [0.15, 0.2) is 0 Å². The lowest BCUT2D eigenvalue weighted by atomic mass is 9.87. The Balaban J connectivity index is 2.10. The van der Waals surface area contributed by atoms with Crippen LogP contribution in [0.1, 0.15) is 33.1 Å². The molecule has 1 aliphatic carbocycles. The van der Waals surface area contributed by atoms with Crippen LogP contribution in [0.2, 0.25) is 0 Å². The molecule has 0 amide bonds. The molecule has 64 valence electrons. The summed E-state index contributed by atoms with van der Waals surface area (Å²) >= 11 is 0.